The van der Waals surface area contributed by atoms with E-state index >= 15 is 0 Å². The molecule has 1 heterocycles. The number of hydrogen-bond acceptors (Lipinski definition) is 6. The molecule has 0 bridgehead atoms. The average Bonchev–Trinajstić information content (AvgIpc) is 2.70. The lowest BCUT2D eigenvalue weighted by Gasteiger charge is -2.34. The van der Waals surface area contributed by atoms with Crippen molar-refractivity contribution >= 4 is 17.8 Å². The van der Waals surface area contributed by atoms with Gasteiger partial charge < -0.3 is 0 Å². The maximum atomic E-state index is 12.1. The summed E-state index contributed by atoms with van der Waals surface area (Å²) in [5.74, 6) is -0.230. The van der Waals surface area contributed by atoms with Crippen molar-refractivity contribution in [2.45, 2.75) is 6.54 Å². The highest BCUT2D eigenvalue weighted by molar-refractivity contribution is 5.86. The van der Waals surface area contributed by atoms with Gasteiger partial charge in [0.15, 0.2) is 0 Å². The van der Waals surface area contributed by atoms with Gasteiger partial charge in [0.1, 0.15) is 0 Å². The summed E-state index contributed by atoms with van der Waals surface area (Å²) in [5.41, 5.74) is 4.04. The summed E-state index contributed by atoms with van der Waals surface area (Å²) in [7, 11) is 0. The summed E-state index contributed by atoms with van der Waals surface area (Å²) in [5, 5.41) is 14.8. The monoisotopic (exact) mass is 381 g/mol. The first kappa shape index (κ1) is 19.7. The zero-order chi connectivity index (χ0) is 19.8. The zero-order valence-corrected chi connectivity index (χ0v) is 15.5. The number of nitro groups is 1. The Labute approximate surface area is 163 Å². The number of para-hydroxylation sites is 1. The third kappa shape index (κ3) is 5.70. The Kier molecular flexibility index (Phi) is 6.83. The fraction of sp³-hybridized carbons (Fsp3) is 0.300. The van der Waals surface area contributed by atoms with Crippen LogP contribution in [0.5, 0.6) is 0 Å². The molecule has 1 aliphatic rings. The van der Waals surface area contributed by atoms with Crippen molar-refractivity contribution < 1.29 is 9.72 Å². The predicted molar refractivity (Wildman–Crippen MR) is 107 cm³/mol. The van der Waals surface area contributed by atoms with Crippen LogP contribution in [0.4, 0.5) is 5.69 Å². The molecule has 0 atom stereocenters. The highest BCUT2D eigenvalue weighted by atomic mass is 16.6. The number of carbonyl (C=O) groups excluding carboxylic acids is 1. The lowest BCUT2D eigenvalue weighted by Crippen LogP contribution is -2.48. The number of nitrogens with zero attached hydrogens (tertiary/aromatic N) is 4. The Morgan fingerprint density at radius 1 is 1.04 bits per heavy atom. The second-order valence-electron chi connectivity index (χ2n) is 6.65. The second-order valence-corrected chi connectivity index (χ2v) is 6.65. The maximum absolute atomic E-state index is 12.1. The van der Waals surface area contributed by atoms with E-state index in [4.69, 9.17) is 0 Å². The maximum Gasteiger partial charge on any atom is 0.278 e. The molecule has 0 saturated carbocycles. The Morgan fingerprint density at radius 2 is 1.68 bits per heavy atom. The van der Waals surface area contributed by atoms with Crippen molar-refractivity contribution in [2.24, 2.45) is 5.10 Å². The summed E-state index contributed by atoms with van der Waals surface area (Å²) >= 11 is 0. The molecular formula is C20H23N5O3. The van der Waals surface area contributed by atoms with E-state index in [1.807, 2.05) is 18.2 Å². The highest BCUT2D eigenvalue weighted by Gasteiger charge is 2.19. The fourth-order valence-corrected chi connectivity index (χ4v) is 3.12. The number of amides is 1. The molecule has 8 heteroatoms. The van der Waals surface area contributed by atoms with E-state index in [1.165, 1.54) is 17.8 Å². The minimum Gasteiger partial charge on any atom is -0.297 e. The number of rotatable bonds is 7. The normalized spacial score (nSPS) is 15.6. The van der Waals surface area contributed by atoms with Gasteiger partial charge in [0.2, 0.25) is 0 Å². The molecule has 0 spiro atoms. The van der Waals surface area contributed by atoms with Crippen LogP contribution in [0.2, 0.25) is 0 Å². The van der Waals surface area contributed by atoms with Gasteiger partial charge in [-0.25, -0.2) is 5.43 Å². The highest BCUT2D eigenvalue weighted by Crippen LogP contribution is 2.15. The van der Waals surface area contributed by atoms with Crippen molar-refractivity contribution in [3.63, 3.8) is 0 Å². The van der Waals surface area contributed by atoms with Crippen LogP contribution in [0.1, 0.15) is 11.1 Å². The van der Waals surface area contributed by atoms with Gasteiger partial charge in [-0.05, 0) is 11.6 Å². The summed E-state index contributed by atoms with van der Waals surface area (Å²) in [6, 6.07) is 16.6. The molecule has 1 N–H and O–H groups in total. The standard InChI is InChI=1S/C20H23N5O3/c26-20(22-21-14-18-8-4-5-9-19(18)25(27)28)16-24-12-10-23(11-13-24)15-17-6-2-1-3-7-17/h1-9,14H,10-13,15-16H2,(H,22,26)/b21-14+. The summed E-state index contributed by atoms with van der Waals surface area (Å²) in [4.78, 5) is 27.0. The SMILES string of the molecule is O=C(CN1CCN(Cc2ccccc2)CC1)N/N=C/c1ccccc1[N+](=O)[O-]. The van der Waals surface area contributed by atoms with E-state index in [9.17, 15) is 14.9 Å². The van der Waals surface area contributed by atoms with E-state index in [0.717, 1.165) is 32.7 Å². The van der Waals surface area contributed by atoms with Gasteiger partial charge in [0, 0.05) is 38.8 Å². The molecule has 28 heavy (non-hydrogen) atoms. The van der Waals surface area contributed by atoms with E-state index < -0.39 is 4.92 Å². The second kappa shape index (κ2) is 9.72. The molecule has 0 aliphatic carbocycles. The quantitative estimate of drug-likeness (QED) is 0.449. The third-order valence-corrected chi connectivity index (χ3v) is 4.61. The van der Waals surface area contributed by atoms with Crippen molar-refractivity contribution in [1.29, 1.82) is 0 Å². The summed E-state index contributed by atoms with van der Waals surface area (Å²) in [6.07, 6.45) is 1.30. The summed E-state index contributed by atoms with van der Waals surface area (Å²) < 4.78 is 0. The van der Waals surface area contributed by atoms with Crippen LogP contribution >= 0.6 is 0 Å². The van der Waals surface area contributed by atoms with Crippen LogP contribution in [0.3, 0.4) is 0 Å². The number of hydrazone groups is 1. The van der Waals surface area contributed by atoms with Crippen LogP contribution < -0.4 is 5.43 Å². The van der Waals surface area contributed by atoms with Crippen LogP contribution in [-0.2, 0) is 11.3 Å². The fourth-order valence-electron chi connectivity index (χ4n) is 3.12. The summed E-state index contributed by atoms with van der Waals surface area (Å²) in [6.45, 7) is 4.61. The van der Waals surface area contributed by atoms with Gasteiger partial charge >= 0.3 is 0 Å². The number of nitrogens with one attached hydrogen (secondary N) is 1. The molecule has 8 nitrogen and oxygen atoms in total. The average molecular weight is 381 g/mol. The van der Waals surface area contributed by atoms with Crippen molar-refractivity contribution in [1.82, 2.24) is 15.2 Å². The van der Waals surface area contributed by atoms with Gasteiger partial charge in [-0.3, -0.25) is 24.7 Å². The van der Waals surface area contributed by atoms with Crippen LogP contribution in [0, 0.1) is 10.1 Å². The van der Waals surface area contributed by atoms with Gasteiger partial charge in [-0.2, -0.15) is 5.10 Å². The molecule has 0 radical (unpaired) electrons. The van der Waals surface area contributed by atoms with Crippen molar-refractivity contribution in [3.8, 4) is 0 Å². The molecule has 0 aromatic heterocycles. The lowest BCUT2D eigenvalue weighted by molar-refractivity contribution is -0.385. The van der Waals surface area contributed by atoms with Gasteiger partial charge in [0.05, 0.1) is 23.2 Å². The topological polar surface area (TPSA) is 91.1 Å². The Balaban J connectivity index is 1.42. The largest absolute Gasteiger partial charge is 0.297 e. The van der Waals surface area contributed by atoms with Crippen molar-refractivity contribution in [3.05, 3.63) is 75.8 Å². The van der Waals surface area contributed by atoms with Crippen molar-refractivity contribution in [2.75, 3.05) is 32.7 Å². The van der Waals surface area contributed by atoms with E-state index in [1.54, 1.807) is 18.2 Å². The smallest absolute Gasteiger partial charge is 0.278 e. The number of benzene rings is 2. The molecule has 1 saturated heterocycles. The number of nitro benzene ring substituents is 1. The van der Waals surface area contributed by atoms with Gasteiger partial charge in [0.25, 0.3) is 11.6 Å². The minimum atomic E-state index is -0.474. The minimum absolute atomic E-state index is 0.0463. The number of carbonyl (C=O) groups is 1. The molecule has 1 fully saturated rings. The van der Waals surface area contributed by atoms with E-state index in [-0.39, 0.29) is 18.1 Å². The zero-order valence-electron chi connectivity index (χ0n) is 15.5. The molecule has 3 rings (SSSR count). The molecular weight excluding hydrogens is 358 g/mol. The first-order valence-electron chi connectivity index (χ1n) is 9.16. The van der Waals surface area contributed by atoms with Crippen LogP contribution in [0.15, 0.2) is 59.7 Å². The predicted octanol–water partition coefficient (Wildman–Crippen LogP) is 1.86. The third-order valence-electron chi connectivity index (χ3n) is 4.61. The van der Waals surface area contributed by atoms with E-state index in [2.05, 4.69) is 32.5 Å². The molecule has 1 amide bonds. The number of piperazine rings is 1. The number of hydrogen-bond donors (Lipinski definition) is 1. The Hall–Kier alpha value is -3.10. The molecule has 2 aromatic carbocycles. The Bertz CT molecular complexity index is 833. The molecule has 0 unspecified atom stereocenters. The Morgan fingerprint density at radius 3 is 2.39 bits per heavy atom. The molecule has 146 valence electrons. The molecule has 1 aliphatic heterocycles. The van der Waals surface area contributed by atoms with Crippen LogP contribution in [0.25, 0.3) is 0 Å². The van der Waals surface area contributed by atoms with Crippen LogP contribution in [-0.4, -0.2) is 59.6 Å². The molecule has 2 aromatic rings. The van der Waals surface area contributed by atoms with Gasteiger partial charge in [-0.1, -0.05) is 42.5 Å². The first-order valence-corrected chi connectivity index (χ1v) is 9.16. The lowest BCUT2D eigenvalue weighted by atomic mass is 10.2. The first-order chi connectivity index (χ1) is 13.6. The van der Waals surface area contributed by atoms with E-state index in [0.29, 0.717) is 5.56 Å². The van der Waals surface area contributed by atoms with Gasteiger partial charge in [-0.15, -0.1) is 0 Å².